The Kier molecular flexibility index (Phi) is 5.75. The number of carbonyl (C=O) groups is 1. The Morgan fingerprint density at radius 3 is 1.72 bits per heavy atom. The Labute approximate surface area is 150 Å². The molecule has 4 heteroatoms. The van der Waals surface area contributed by atoms with Crippen molar-refractivity contribution in [2.45, 2.75) is 14.7 Å². The largest absolute Gasteiger partial charge is 0.482 e. The summed E-state index contributed by atoms with van der Waals surface area (Å²) in [6.45, 7) is -0.0844. The van der Waals surface area contributed by atoms with Crippen molar-refractivity contribution in [2.75, 3.05) is 13.7 Å². The second kappa shape index (κ2) is 8.40. The first-order chi connectivity index (χ1) is 12.3. The lowest BCUT2D eigenvalue weighted by Gasteiger charge is -2.09. The van der Waals surface area contributed by atoms with Crippen molar-refractivity contribution in [3.05, 3.63) is 84.9 Å². The first-order valence-corrected chi connectivity index (χ1v) is 9.14. The van der Waals surface area contributed by atoms with Crippen molar-refractivity contribution < 1.29 is 14.3 Å². The summed E-state index contributed by atoms with van der Waals surface area (Å²) in [5, 5.41) is 0. The number of benzene rings is 3. The van der Waals surface area contributed by atoms with Gasteiger partial charge < -0.3 is 9.47 Å². The molecule has 0 aliphatic heterocycles. The fourth-order valence-corrected chi connectivity index (χ4v) is 4.48. The van der Waals surface area contributed by atoms with Gasteiger partial charge in [-0.2, -0.15) is 0 Å². The van der Waals surface area contributed by atoms with Crippen LogP contribution in [0.2, 0.25) is 0 Å². The number of esters is 1. The van der Waals surface area contributed by atoms with Gasteiger partial charge in [-0.05, 0) is 48.5 Å². The molecule has 0 saturated carbocycles. The minimum atomic E-state index is -0.391. The van der Waals surface area contributed by atoms with Crippen LogP contribution >= 0.6 is 0 Å². The fourth-order valence-electron chi connectivity index (χ4n) is 2.39. The Balaban J connectivity index is 1.88. The van der Waals surface area contributed by atoms with Gasteiger partial charge in [0.05, 0.1) is 18.0 Å². The zero-order valence-corrected chi connectivity index (χ0v) is 14.7. The highest BCUT2D eigenvalue weighted by molar-refractivity contribution is 7.97. The molecular weight excluding hydrogens is 332 g/mol. The van der Waals surface area contributed by atoms with E-state index in [0.29, 0.717) is 5.75 Å². The van der Waals surface area contributed by atoms with Gasteiger partial charge in [0.25, 0.3) is 0 Å². The molecule has 0 amide bonds. The van der Waals surface area contributed by atoms with E-state index in [1.165, 1.54) is 21.8 Å². The predicted molar refractivity (Wildman–Crippen MR) is 99.0 cm³/mol. The Morgan fingerprint density at radius 1 is 0.760 bits per heavy atom. The Morgan fingerprint density at radius 2 is 1.24 bits per heavy atom. The van der Waals surface area contributed by atoms with Crippen LogP contribution in [0.3, 0.4) is 0 Å². The van der Waals surface area contributed by atoms with E-state index in [1.807, 2.05) is 24.3 Å². The third-order valence-corrected chi connectivity index (χ3v) is 5.83. The SMILES string of the molecule is COC(=O)COc1ccc([S+](c2ccccc2)c2ccccc2)cc1. The summed E-state index contributed by atoms with van der Waals surface area (Å²) in [7, 11) is 1.16. The quantitative estimate of drug-likeness (QED) is 0.490. The molecule has 0 spiro atoms. The summed E-state index contributed by atoms with van der Waals surface area (Å²) in [5.74, 6) is 0.260. The van der Waals surface area contributed by atoms with E-state index in [2.05, 4.69) is 65.4 Å². The first-order valence-electron chi connectivity index (χ1n) is 7.92. The van der Waals surface area contributed by atoms with Crippen molar-refractivity contribution in [3.8, 4) is 5.75 Å². The molecule has 0 N–H and O–H groups in total. The molecule has 3 rings (SSSR count). The van der Waals surface area contributed by atoms with Crippen LogP contribution in [0.4, 0.5) is 0 Å². The van der Waals surface area contributed by atoms with Crippen molar-refractivity contribution in [1.29, 1.82) is 0 Å². The van der Waals surface area contributed by atoms with E-state index in [4.69, 9.17) is 4.74 Å². The van der Waals surface area contributed by atoms with Crippen LogP contribution in [0.5, 0.6) is 5.75 Å². The lowest BCUT2D eigenvalue weighted by atomic mass is 10.3. The molecule has 0 atom stereocenters. The maximum Gasteiger partial charge on any atom is 0.343 e. The van der Waals surface area contributed by atoms with Crippen LogP contribution in [0, 0.1) is 0 Å². The number of carbonyl (C=O) groups excluding carboxylic acids is 1. The highest BCUT2D eigenvalue weighted by Crippen LogP contribution is 2.31. The molecule has 3 aromatic rings. The van der Waals surface area contributed by atoms with Crippen molar-refractivity contribution in [1.82, 2.24) is 0 Å². The van der Waals surface area contributed by atoms with Gasteiger partial charge in [0.15, 0.2) is 21.3 Å². The summed E-state index contributed by atoms with van der Waals surface area (Å²) < 4.78 is 10.0. The molecule has 0 fully saturated rings. The smallest absolute Gasteiger partial charge is 0.343 e. The van der Waals surface area contributed by atoms with E-state index in [1.54, 1.807) is 0 Å². The van der Waals surface area contributed by atoms with Gasteiger partial charge >= 0.3 is 5.97 Å². The van der Waals surface area contributed by atoms with Crippen LogP contribution in [-0.4, -0.2) is 19.7 Å². The zero-order valence-electron chi connectivity index (χ0n) is 13.9. The highest BCUT2D eigenvalue weighted by Gasteiger charge is 2.28. The number of rotatable bonds is 6. The molecule has 126 valence electrons. The van der Waals surface area contributed by atoms with E-state index in [0.717, 1.165) is 0 Å². The molecule has 0 aliphatic rings. The lowest BCUT2D eigenvalue weighted by Crippen LogP contribution is -2.12. The lowest BCUT2D eigenvalue weighted by molar-refractivity contribution is -0.142. The Bertz CT molecular complexity index is 762. The maximum atomic E-state index is 11.2. The summed E-state index contributed by atoms with van der Waals surface area (Å²) in [5.41, 5.74) is 0. The predicted octanol–water partition coefficient (Wildman–Crippen LogP) is 4.33. The summed E-state index contributed by atoms with van der Waals surface area (Å²) in [6, 6.07) is 28.8. The molecular formula is C21H19O3S+. The van der Waals surface area contributed by atoms with Crippen LogP contribution < -0.4 is 4.74 Å². The minimum absolute atomic E-state index is 0.0844. The summed E-state index contributed by atoms with van der Waals surface area (Å²) in [4.78, 5) is 14.9. The van der Waals surface area contributed by atoms with E-state index >= 15 is 0 Å². The van der Waals surface area contributed by atoms with Crippen LogP contribution in [0.15, 0.2) is 99.6 Å². The van der Waals surface area contributed by atoms with Crippen LogP contribution in [0.1, 0.15) is 0 Å². The van der Waals surface area contributed by atoms with Crippen molar-refractivity contribution in [3.63, 3.8) is 0 Å². The third-order valence-electron chi connectivity index (χ3n) is 3.60. The topological polar surface area (TPSA) is 35.5 Å². The number of methoxy groups -OCH3 is 1. The molecule has 3 aromatic carbocycles. The monoisotopic (exact) mass is 351 g/mol. The maximum absolute atomic E-state index is 11.2. The molecule has 25 heavy (non-hydrogen) atoms. The van der Waals surface area contributed by atoms with Crippen molar-refractivity contribution >= 4 is 16.9 Å². The van der Waals surface area contributed by atoms with Gasteiger partial charge in [0, 0.05) is 0 Å². The van der Waals surface area contributed by atoms with Gasteiger partial charge in [0.2, 0.25) is 0 Å². The van der Waals surface area contributed by atoms with Gasteiger partial charge in [-0.3, -0.25) is 0 Å². The standard InChI is InChI=1S/C21H19O3S/c1-23-21(22)16-24-17-12-14-20(15-13-17)25(18-8-4-2-5-9-18)19-10-6-3-7-11-19/h2-15H,16H2,1H3/q+1. The Hall–Kier alpha value is -2.72. The van der Waals surface area contributed by atoms with Crippen LogP contribution in [0.25, 0.3) is 0 Å². The van der Waals surface area contributed by atoms with Gasteiger partial charge in [-0.25, -0.2) is 4.79 Å². The number of hydrogen-bond acceptors (Lipinski definition) is 3. The first kappa shape index (κ1) is 17.1. The molecule has 0 aromatic heterocycles. The molecule has 0 saturated heterocycles. The molecule has 0 heterocycles. The normalized spacial score (nSPS) is 10.5. The minimum Gasteiger partial charge on any atom is -0.482 e. The molecule has 0 unspecified atom stereocenters. The number of hydrogen-bond donors (Lipinski definition) is 0. The van der Waals surface area contributed by atoms with E-state index in [9.17, 15) is 4.79 Å². The van der Waals surface area contributed by atoms with E-state index < -0.39 is 5.97 Å². The average Bonchev–Trinajstić information content (AvgIpc) is 2.69. The second-order valence-electron chi connectivity index (χ2n) is 5.27. The zero-order chi connectivity index (χ0) is 17.5. The van der Waals surface area contributed by atoms with Crippen molar-refractivity contribution in [2.24, 2.45) is 0 Å². The number of ether oxygens (including phenoxy) is 2. The van der Waals surface area contributed by atoms with Gasteiger partial charge in [0.1, 0.15) is 5.75 Å². The summed E-state index contributed by atoms with van der Waals surface area (Å²) >= 11 is 0. The fraction of sp³-hybridized carbons (Fsp3) is 0.0952. The molecule has 0 radical (unpaired) electrons. The van der Waals surface area contributed by atoms with Gasteiger partial charge in [-0.1, -0.05) is 36.4 Å². The molecule has 3 nitrogen and oxygen atoms in total. The highest BCUT2D eigenvalue weighted by atomic mass is 32.2. The van der Waals surface area contributed by atoms with Crippen LogP contribution in [-0.2, 0) is 20.4 Å². The molecule has 0 bridgehead atoms. The second-order valence-corrected chi connectivity index (χ2v) is 7.30. The average molecular weight is 351 g/mol. The van der Waals surface area contributed by atoms with E-state index in [-0.39, 0.29) is 17.5 Å². The molecule has 0 aliphatic carbocycles. The summed E-state index contributed by atoms with van der Waals surface area (Å²) in [6.07, 6.45) is 0. The van der Waals surface area contributed by atoms with Gasteiger partial charge in [-0.15, -0.1) is 0 Å². The third kappa shape index (κ3) is 4.43.